The number of pyridine rings is 1. The van der Waals surface area contributed by atoms with Crippen molar-refractivity contribution >= 4 is 0 Å². The van der Waals surface area contributed by atoms with Crippen molar-refractivity contribution in [2.24, 2.45) is 0 Å². The fourth-order valence-electron chi connectivity index (χ4n) is 3.21. The van der Waals surface area contributed by atoms with Crippen LogP contribution in [0.5, 0.6) is 0 Å². The summed E-state index contributed by atoms with van der Waals surface area (Å²) in [6.45, 7) is 0. The van der Waals surface area contributed by atoms with Crippen LogP contribution in [0.15, 0.2) is 24.5 Å². The van der Waals surface area contributed by atoms with Gasteiger partial charge in [0.25, 0.3) is 0 Å². The van der Waals surface area contributed by atoms with Crippen LogP contribution in [0, 0.1) is 0 Å². The molecule has 0 N–H and O–H groups in total. The van der Waals surface area contributed by atoms with Crippen LogP contribution in [-0.2, 0) is 0 Å². The molecule has 3 atom stereocenters. The van der Waals surface area contributed by atoms with Crippen LogP contribution in [0.2, 0.25) is 0 Å². The Balaban J connectivity index is 1.89. The van der Waals surface area contributed by atoms with Gasteiger partial charge in [0.05, 0.1) is 0 Å². The summed E-state index contributed by atoms with van der Waals surface area (Å²) in [5.41, 5.74) is 1.44. The lowest BCUT2D eigenvalue weighted by molar-refractivity contribution is 0.307. The van der Waals surface area contributed by atoms with Gasteiger partial charge in [-0.05, 0) is 37.9 Å². The first-order valence-corrected chi connectivity index (χ1v) is 5.48. The largest absolute Gasteiger partial charge is 0.300 e. The van der Waals surface area contributed by atoms with E-state index in [1.807, 2.05) is 12.4 Å². The lowest BCUT2D eigenvalue weighted by Crippen LogP contribution is -2.25. The van der Waals surface area contributed by atoms with Gasteiger partial charge in [0.15, 0.2) is 0 Å². The molecule has 2 heteroatoms. The Morgan fingerprint density at radius 2 is 2.36 bits per heavy atom. The Morgan fingerprint density at radius 1 is 1.43 bits per heavy atom. The molecule has 1 aromatic rings. The minimum Gasteiger partial charge on any atom is -0.300 e. The SMILES string of the molecule is CN1[C@@H]2CC[C@H]1[C@H](c1cccnc1)C2. The Kier molecular flexibility index (Phi) is 1.84. The average molecular weight is 188 g/mol. The molecule has 2 nitrogen and oxygen atoms in total. The smallest absolute Gasteiger partial charge is 0.0303 e. The van der Waals surface area contributed by atoms with Crippen LogP contribution in [0.25, 0.3) is 0 Å². The fraction of sp³-hybridized carbons (Fsp3) is 0.583. The van der Waals surface area contributed by atoms with Crippen molar-refractivity contribution in [3.8, 4) is 0 Å². The van der Waals surface area contributed by atoms with Gasteiger partial charge in [-0.25, -0.2) is 0 Å². The predicted molar refractivity (Wildman–Crippen MR) is 56.2 cm³/mol. The third-order valence-electron chi connectivity index (χ3n) is 4.00. The number of hydrogen-bond donors (Lipinski definition) is 0. The van der Waals surface area contributed by atoms with Gasteiger partial charge >= 0.3 is 0 Å². The van der Waals surface area contributed by atoms with E-state index in [-0.39, 0.29) is 0 Å². The summed E-state index contributed by atoms with van der Waals surface area (Å²) in [6, 6.07) is 5.91. The van der Waals surface area contributed by atoms with E-state index >= 15 is 0 Å². The number of aromatic nitrogens is 1. The Morgan fingerprint density at radius 3 is 2.93 bits per heavy atom. The van der Waals surface area contributed by atoms with E-state index in [0.717, 1.165) is 18.0 Å². The van der Waals surface area contributed by atoms with E-state index in [1.54, 1.807) is 0 Å². The Bertz CT molecular complexity index is 322. The first-order chi connectivity index (χ1) is 6.86. The zero-order valence-corrected chi connectivity index (χ0v) is 8.56. The van der Waals surface area contributed by atoms with Gasteiger partial charge in [-0.15, -0.1) is 0 Å². The molecule has 0 unspecified atom stereocenters. The van der Waals surface area contributed by atoms with E-state index in [4.69, 9.17) is 0 Å². The zero-order valence-electron chi connectivity index (χ0n) is 8.56. The fourth-order valence-corrected chi connectivity index (χ4v) is 3.21. The molecule has 0 spiro atoms. The van der Waals surface area contributed by atoms with Crippen molar-refractivity contribution in [3.05, 3.63) is 30.1 Å². The molecule has 0 aromatic carbocycles. The van der Waals surface area contributed by atoms with Crippen LogP contribution in [0.4, 0.5) is 0 Å². The maximum atomic E-state index is 4.22. The lowest BCUT2D eigenvalue weighted by atomic mass is 9.85. The third kappa shape index (κ3) is 1.10. The second kappa shape index (κ2) is 3.06. The highest BCUT2D eigenvalue weighted by Crippen LogP contribution is 2.45. The number of fused-ring (bicyclic) bond motifs is 2. The quantitative estimate of drug-likeness (QED) is 0.670. The molecule has 2 saturated heterocycles. The second-order valence-corrected chi connectivity index (χ2v) is 4.59. The van der Waals surface area contributed by atoms with Crippen molar-refractivity contribution in [1.82, 2.24) is 9.88 Å². The van der Waals surface area contributed by atoms with Crippen LogP contribution in [0.1, 0.15) is 30.7 Å². The molecule has 2 bridgehead atoms. The molecule has 3 rings (SSSR count). The molecule has 2 aliphatic rings. The molecule has 0 aliphatic carbocycles. The van der Waals surface area contributed by atoms with Crippen molar-refractivity contribution in [1.29, 1.82) is 0 Å². The Hall–Kier alpha value is -0.890. The Labute approximate surface area is 85.0 Å². The molecule has 14 heavy (non-hydrogen) atoms. The molecule has 74 valence electrons. The third-order valence-corrected chi connectivity index (χ3v) is 4.00. The summed E-state index contributed by atoms with van der Waals surface area (Å²) in [5, 5.41) is 0. The first kappa shape index (κ1) is 8.42. The molecular formula is C12H16N2. The second-order valence-electron chi connectivity index (χ2n) is 4.59. The van der Waals surface area contributed by atoms with Gasteiger partial charge < -0.3 is 0 Å². The summed E-state index contributed by atoms with van der Waals surface area (Å²) in [7, 11) is 2.28. The molecule has 2 aliphatic heterocycles. The predicted octanol–water partition coefficient (Wildman–Crippen LogP) is 2.03. The maximum absolute atomic E-state index is 4.22. The molecule has 0 saturated carbocycles. The van der Waals surface area contributed by atoms with Gasteiger partial charge in [0.1, 0.15) is 0 Å². The van der Waals surface area contributed by atoms with Crippen molar-refractivity contribution in [3.63, 3.8) is 0 Å². The highest BCUT2D eigenvalue weighted by atomic mass is 15.2. The summed E-state index contributed by atoms with van der Waals surface area (Å²) in [6.07, 6.45) is 8.02. The van der Waals surface area contributed by atoms with E-state index in [9.17, 15) is 0 Å². The van der Waals surface area contributed by atoms with Crippen LogP contribution in [0.3, 0.4) is 0 Å². The van der Waals surface area contributed by atoms with E-state index in [2.05, 4.69) is 29.1 Å². The first-order valence-electron chi connectivity index (χ1n) is 5.48. The number of nitrogens with zero attached hydrogens (tertiary/aromatic N) is 2. The number of hydrogen-bond acceptors (Lipinski definition) is 2. The van der Waals surface area contributed by atoms with Crippen LogP contribution >= 0.6 is 0 Å². The standard InChI is InChI=1S/C12H16N2/c1-14-10-4-5-12(14)11(7-10)9-3-2-6-13-8-9/h2-3,6,8,10-12H,4-5,7H2,1H3/t10-,11+,12+/m1/s1. The maximum Gasteiger partial charge on any atom is 0.0303 e. The van der Waals surface area contributed by atoms with Gasteiger partial charge in [-0.2, -0.15) is 0 Å². The lowest BCUT2D eigenvalue weighted by Gasteiger charge is -2.21. The molecule has 3 heterocycles. The van der Waals surface area contributed by atoms with E-state index in [1.165, 1.54) is 24.8 Å². The minimum atomic E-state index is 0.743. The van der Waals surface area contributed by atoms with E-state index < -0.39 is 0 Å². The molecule has 0 radical (unpaired) electrons. The monoisotopic (exact) mass is 188 g/mol. The van der Waals surface area contributed by atoms with Crippen LogP contribution in [-0.4, -0.2) is 29.0 Å². The minimum absolute atomic E-state index is 0.743. The summed E-state index contributed by atoms with van der Waals surface area (Å²) >= 11 is 0. The van der Waals surface area contributed by atoms with Gasteiger partial charge in [0, 0.05) is 30.4 Å². The summed E-state index contributed by atoms with van der Waals surface area (Å²) < 4.78 is 0. The molecule has 1 aromatic heterocycles. The van der Waals surface area contributed by atoms with Crippen molar-refractivity contribution < 1.29 is 0 Å². The average Bonchev–Trinajstić information content (AvgIpc) is 2.76. The van der Waals surface area contributed by atoms with Gasteiger partial charge in [-0.3, -0.25) is 9.88 Å². The van der Waals surface area contributed by atoms with Gasteiger partial charge in [0.2, 0.25) is 0 Å². The normalized spacial score (nSPS) is 36.5. The molecule has 0 amide bonds. The topological polar surface area (TPSA) is 16.1 Å². The summed E-state index contributed by atoms with van der Waals surface area (Å²) in [5.74, 6) is 0.743. The van der Waals surface area contributed by atoms with E-state index in [0.29, 0.717) is 0 Å². The molecular weight excluding hydrogens is 172 g/mol. The summed E-state index contributed by atoms with van der Waals surface area (Å²) in [4.78, 5) is 6.79. The van der Waals surface area contributed by atoms with Crippen molar-refractivity contribution in [2.75, 3.05) is 7.05 Å². The number of likely N-dealkylation sites (N-methyl/N-ethyl adjacent to an activating group) is 1. The highest BCUT2D eigenvalue weighted by molar-refractivity contribution is 5.22. The van der Waals surface area contributed by atoms with Gasteiger partial charge in [-0.1, -0.05) is 6.07 Å². The van der Waals surface area contributed by atoms with Crippen LogP contribution < -0.4 is 0 Å². The zero-order chi connectivity index (χ0) is 9.54. The van der Waals surface area contributed by atoms with Crippen molar-refractivity contribution in [2.45, 2.75) is 37.3 Å². The molecule has 2 fully saturated rings. The number of rotatable bonds is 1. The highest BCUT2D eigenvalue weighted by Gasteiger charge is 2.44.